The Morgan fingerprint density at radius 1 is 1.23 bits per heavy atom. The summed E-state index contributed by atoms with van der Waals surface area (Å²) in [4.78, 5) is 6.81. The fraction of sp³-hybridized carbons (Fsp3) is 0.500. The summed E-state index contributed by atoms with van der Waals surface area (Å²) in [5, 5.41) is 3.87. The molecule has 3 atom stereocenters. The minimum atomic E-state index is 0.479. The number of methoxy groups -OCH3 is 1. The van der Waals surface area contributed by atoms with E-state index in [0.717, 1.165) is 31.7 Å². The Morgan fingerprint density at radius 2 is 2.15 bits per heavy atom. The van der Waals surface area contributed by atoms with Crippen LogP contribution >= 0.6 is 0 Å². The predicted octanol–water partition coefficient (Wildman–Crippen LogP) is 3.23. The number of aryl methyl sites for hydroxylation is 1. The van der Waals surface area contributed by atoms with Crippen LogP contribution in [0.15, 0.2) is 42.7 Å². The standard InChI is InChI=1S/C22H29N3O/c1-25-11-9-18(22(25)17-4-3-10-23-14-17)15-24-20-7-5-16-6-8-21(26-2)13-19(16)12-20/h3-4,6,8,10,13-14,18,20,22,24H,5,7,9,11-12,15H2,1-2H3/t18-,20-,22-/m0/s1. The number of benzene rings is 1. The Hall–Kier alpha value is -1.91. The van der Waals surface area contributed by atoms with Gasteiger partial charge in [-0.1, -0.05) is 12.1 Å². The number of rotatable bonds is 5. The van der Waals surface area contributed by atoms with Gasteiger partial charge >= 0.3 is 0 Å². The molecule has 1 aliphatic carbocycles. The zero-order valence-electron chi connectivity index (χ0n) is 15.8. The van der Waals surface area contributed by atoms with E-state index in [9.17, 15) is 0 Å². The van der Waals surface area contributed by atoms with E-state index in [4.69, 9.17) is 4.74 Å². The molecule has 1 fully saturated rings. The fourth-order valence-corrected chi connectivity index (χ4v) is 4.67. The molecule has 0 spiro atoms. The van der Waals surface area contributed by atoms with Crippen LogP contribution in [0.3, 0.4) is 0 Å². The van der Waals surface area contributed by atoms with E-state index in [-0.39, 0.29) is 0 Å². The molecule has 1 aliphatic heterocycles. The molecule has 0 unspecified atom stereocenters. The number of ether oxygens (including phenoxy) is 1. The van der Waals surface area contributed by atoms with Gasteiger partial charge in [0, 0.05) is 31.0 Å². The highest BCUT2D eigenvalue weighted by Gasteiger charge is 2.33. The van der Waals surface area contributed by atoms with Crippen molar-refractivity contribution in [3.8, 4) is 5.75 Å². The predicted molar refractivity (Wildman–Crippen MR) is 105 cm³/mol. The third kappa shape index (κ3) is 3.62. The molecule has 1 aromatic heterocycles. The van der Waals surface area contributed by atoms with E-state index in [0.29, 0.717) is 18.0 Å². The molecule has 0 bridgehead atoms. The summed E-state index contributed by atoms with van der Waals surface area (Å²) in [5.74, 6) is 1.62. The lowest BCUT2D eigenvalue weighted by molar-refractivity contribution is 0.265. The summed E-state index contributed by atoms with van der Waals surface area (Å²) in [6, 6.07) is 11.8. The monoisotopic (exact) mass is 351 g/mol. The maximum absolute atomic E-state index is 5.40. The molecule has 0 saturated carbocycles. The number of fused-ring (bicyclic) bond motifs is 1. The highest BCUT2D eigenvalue weighted by atomic mass is 16.5. The third-order valence-electron chi connectivity index (χ3n) is 6.11. The first-order chi connectivity index (χ1) is 12.7. The van der Waals surface area contributed by atoms with Gasteiger partial charge in [-0.15, -0.1) is 0 Å². The van der Waals surface area contributed by atoms with Crippen molar-refractivity contribution in [2.24, 2.45) is 5.92 Å². The van der Waals surface area contributed by atoms with E-state index in [1.807, 2.05) is 12.4 Å². The van der Waals surface area contributed by atoms with Crippen LogP contribution in [0, 0.1) is 5.92 Å². The number of aromatic nitrogens is 1. The lowest BCUT2D eigenvalue weighted by Crippen LogP contribution is -2.38. The van der Waals surface area contributed by atoms with Crippen LogP contribution in [0.1, 0.15) is 35.6 Å². The molecule has 4 heteroatoms. The van der Waals surface area contributed by atoms with Crippen LogP contribution in [-0.4, -0.2) is 43.2 Å². The Kier molecular flexibility index (Phi) is 5.23. The van der Waals surface area contributed by atoms with Crippen molar-refractivity contribution in [1.29, 1.82) is 0 Å². The number of hydrogen-bond acceptors (Lipinski definition) is 4. The smallest absolute Gasteiger partial charge is 0.119 e. The van der Waals surface area contributed by atoms with Gasteiger partial charge in [0.1, 0.15) is 5.75 Å². The largest absolute Gasteiger partial charge is 0.497 e. The molecule has 1 N–H and O–H groups in total. The number of nitrogens with zero attached hydrogens (tertiary/aromatic N) is 2. The third-order valence-corrected chi connectivity index (χ3v) is 6.11. The first-order valence-electron chi connectivity index (χ1n) is 9.74. The van der Waals surface area contributed by atoms with Crippen molar-refractivity contribution in [2.75, 3.05) is 27.2 Å². The molecule has 1 aromatic carbocycles. The Labute approximate surface area is 156 Å². The highest BCUT2D eigenvalue weighted by Crippen LogP contribution is 2.35. The highest BCUT2D eigenvalue weighted by molar-refractivity contribution is 5.37. The van der Waals surface area contributed by atoms with Gasteiger partial charge in [-0.05, 0) is 80.1 Å². The van der Waals surface area contributed by atoms with Crippen molar-refractivity contribution >= 4 is 0 Å². The molecule has 0 amide bonds. The second-order valence-corrected chi connectivity index (χ2v) is 7.74. The summed E-state index contributed by atoms with van der Waals surface area (Å²) in [7, 11) is 3.98. The van der Waals surface area contributed by atoms with Gasteiger partial charge in [0.2, 0.25) is 0 Å². The topological polar surface area (TPSA) is 37.4 Å². The molecule has 4 rings (SSSR count). The number of pyridine rings is 1. The number of hydrogen-bond donors (Lipinski definition) is 1. The molecule has 26 heavy (non-hydrogen) atoms. The van der Waals surface area contributed by atoms with Gasteiger partial charge in [0.25, 0.3) is 0 Å². The quantitative estimate of drug-likeness (QED) is 0.897. The van der Waals surface area contributed by atoms with Crippen LogP contribution < -0.4 is 10.1 Å². The summed E-state index contributed by atoms with van der Waals surface area (Å²) in [6.07, 6.45) is 8.63. The molecule has 0 radical (unpaired) electrons. The van der Waals surface area contributed by atoms with Crippen molar-refractivity contribution in [3.63, 3.8) is 0 Å². The van der Waals surface area contributed by atoms with E-state index >= 15 is 0 Å². The summed E-state index contributed by atoms with van der Waals surface area (Å²) < 4.78 is 5.40. The Morgan fingerprint density at radius 3 is 2.96 bits per heavy atom. The van der Waals surface area contributed by atoms with Crippen LogP contribution in [0.25, 0.3) is 0 Å². The average Bonchev–Trinajstić information content (AvgIpc) is 3.06. The zero-order chi connectivity index (χ0) is 17.9. The summed E-state index contributed by atoms with van der Waals surface area (Å²) in [5.41, 5.74) is 4.27. The minimum absolute atomic E-state index is 0.479. The van der Waals surface area contributed by atoms with E-state index in [2.05, 4.69) is 52.6 Å². The summed E-state index contributed by atoms with van der Waals surface area (Å²) in [6.45, 7) is 2.24. The minimum Gasteiger partial charge on any atom is -0.497 e. The van der Waals surface area contributed by atoms with Crippen LogP contribution in [-0.2, 0) is 12.8 Å². The molecule has 2 aromatic rings. The molecule has 2 aliphatic rings. The summed E-state index contributed by atoms with van der Waals surface area (Å²) >= 11 is 0. The first kappa shape index (κ1) is 17.5. The van der Waals surface area contributed by atoms with E-state index < -0.39 is 0 Å². The molecular weight excluding hydrogens is 322 g/mol. The first-order valence-corrected chi connectivity index (χ1v) is 9.74. The van der Waals surface area contributed by atoms with Crippen molar-refractivity contribution < 1.29 is 4.74 Å². The van der Waals surface area contributed by atoms with Gasteiger partial charge in [-0.2, -0.15) is 0 Å². The lowest BCUT2D eigenvalue weighted by atomic mass is 9.87. The van der Waals surface area contributed by atoms with Gasteiger partial charge in [0.15, 0.2) is 0 Å². The zero-order valence-corrected chi connectivity index (χ0v) is 15.8. The van der Waals surface area contributed by atoms with Gasteiger partial charge in [-0.3, -0.25) is 9.88 Å². The molecule has 2 heterocycles. The molecule has 138 valence electrons. The second-order valence-electron chi connectivity index (χ2n) is 7.74. The van der Waals surface area contributed by atoms with Crippen molar-refractivity contribution in [1.82, 2.24) is 15.2 Å². The van der Waals surface area contributed by atoms with Gasteiger partial charge in [-0.25, -0.2) is 0 Å². The Balaban J connectivity index is 1.39. The van der Waals surface area contributed by atoms with Crippen LogP contribution in [0.4, 0.5) is 0 Å². The normalized spacial score (nSPS) is 25.8. The molecular formula is C22H29N3O. The maximum atomic E-state index is 5.40. The van der Waals surface area contributed by atoms with Crippen LogP contribution in [0.2, 0.25) is 0 Å². The van der Waals surface area contributed by atoms with Gasteiger partial charge < -0.3 is 10.1 Å². The van der Waals surface area contributed by atoms with E-state index in [1.54, 1.807) is 7.11 Å². The van der Waals surface area contributed by atoms with Gasteiger partial charge in [0.05, 0.1) is 7.11 Å². The number of nitrogens with one attached hydrogen (secondary N) is 1. The van der Waals surface area contributed by atoms with Crippen LogP contribution in [0.5, 0.6) is 5.75 Å². The maximum Gasteiger partial charge on any atom is 0.119 e. The fourth-order valence-electron chi connectivity index (χ4n) is 4.67. The molecule has 1 saturated heterocycles. The van der Waals surface area contributed by atoms with Crippen molar-refractivity contribution in [2.45, 2.75) is 37.8 Å². The second kappa shape index (κ2) is 7.77. The lowest BCUT2D eigenvalue weighted by Gasteiger charge is -2.30. The van der Waals surface area contributed by atoms with E-state index in [1.165, 1.54) is 29.5 Å². The average molecular weight is 351 g/mol. The van der Waals surface area contributed by atoms with Crippen molar-refractivity contribution in [3.05, 3.63) is 59.4 Å². The number of likely N-dealkylation sites (tertiary alicyclic amines) is 1. The molecule has 4 nitrogen and oxygen atoms in total. The Bertz CT molecular complexity index is 733. The SMILES string of the molecule is COc1ccc2c(c1)C[C@@H](NC[C@@H]1CCN(C)[C@H]1c1cccnc1)CC2.